The molecule has 0 radical (unpaired) electrons. The Kier molecular flexibility index (Phi) is 13.5. The molecule has 92 valence electrons. The Morgan fingerprint density at radius 1 is 0.733 bits per heavy atom. The number of aliphatic hydroxyl groups is 1. The molecule has 0 unspecified atom stereocenters. The Balaban J connectivity index is 2.81. The summed E-state index contributed by atoms with van der Waals surface area (Å²) < 4.78 is 28.8. The molecule has 0 atom stereocenters. The van der Waals surface area contributed by atoms with Gasteiger partial charge in [0, 0.05) is 7.11 Å². The van der Waals surface area contributed by atoms with Crippen molar-refractivity contribution in [3.63, 3.8) is 0 Å². The largest absolute Gasteiger partial charge is 0.371 e. The molecule has 0 bridgehead atoms. The van der Waals surface area contributed by atoms with E-state index in [0.717, 1.165) is 0 Å². The summed E-state index contributed by atoms with van der Waals surface area (Å²) in [6.45, 7) is 0.892. The van der Waals surface area contributed by atoms with Crippen LogP contribution in [0.2, 0.25) is 0 Å². The second kappa shape index (κ2) is 13.7. The molecule has 7 heteroatoms. The topological polar surface area (TPSA) is 75.6 Å². The lowest BCUT2D eigenvalue weighted by Gasteiger charge is -2.06. The first kappa shape index (κ1) is 14.7. The van der Waals surface area contributed by atoms with Crippen molar-refractivity contribution in [2.45, 2.75) is 0 Å². The molecule has 0 aliphatic rings. The first-order valence-electron chi connectivity index (χ1n) is 4.40. The van der Waals surface area contributed by atoms with Crippen LogP contribution in [0.4, 0.5) is 0 Å². The summed E-state index contributed by atoms with van der Waals surface area (Å²) in [7, 11) is 1.53. The summed E-state index contributed by atoms with van der Waals surface area (Å²) in [5, 5.41) is 8.26. The average Bonchev–Trinajstić information content (AvgIpc) is 2.26. The van der Waals surface area contributed by atoms with Crippen LogP contribution in [0.25, 0.3) is 0 Å². The highest BCUT2D eigenvalue weighted by molar-refractivity contribution is 4.22. The van der Waals surface area contributed by atoms with Crippen LogP contribution in [0, 0.1) is 0 Å². The Labute approximate surface area is 88.8 Å². The SMILES string of the molecule is COCOCOCOCOCCOCO. The second-order valence-corrected chi connectivity index (χ2v) is 2.32. The van der Waals surface area contributed by atoms with Gasteiger partial charge >= 0.3 is 0 Å². The van der Waals surface area contributed by atoms with E-state index in [9.17, 15) is 0 Å². The molecule has 0 aromatic heterocycles. The van der Waals surface area contributed by atoms with Crippen LogP contribution in [0.3, 0.4) is 0 Å². The fraction of sp³-hybridized carbons (Fsp3) is 1.00. The number of rotatable bonds is 12. The first-order valence-corrected chi connectivity index (χ1v) is 4.40. The minimum absolute atomic E-state index is 0.0879. The van der Waals surface area contributed by atoms with Gasteiger partial charge in [0.2, 0.25) is 0 Å². The Bertz CT molecular complexity index is 99.2. The lowest BCUT2D eigenvalue weighted by molar-refractivity contribution is -0.190. The van der Waals surface area contributed by atoms with Crippen molar-refractivity contribution in [2.24, 2.45) is 0 Å². The van der Waals surface area contributed by atoms with Gasteiger partial charge in [-0.3, -0.25) is 0 Å². The molecule has 0 saturated carbocycles. The molecule has 0 spiro atoms. The molecule has 0 saturated heterocycles. The van der Waals surface area contributed by atoms with Gasteiger partial charge in [-0.15, -0.1) is 0 Å². The molecule has 0 rings (SSSR count). The molecule has 0 heterocycles. The van der Waals surface area contributed by atoms with E-state index in [0.29, 0.717) is 13.2 Å². The zero-order valence-corrected chi connectivity index (χ0v) is 8.85. The first-order chi connectivity index (χ1) is 7.41. The molecule has 0 aliphatic heterocycles. The molecular formula is C8H18O7. The zero-order chi connectivity index (χ0) is 11.2. The molecule has 0 amide bonds. The minimum Gasteiger partial charge on any atom is -0.371 e. The third-order valence-electron chi connectivity index (χ3n) is 1.16. The van der Waals surface area contributed by atoms with Crippen LogP contribution in [-0.4, -0.2) is 59.4 Å². The molecule has 0 aliphatic carbocycles. The Hall–Kier alpha value is -0.280. The van der Waals surface area contributed by atoms with Crippen LogP contribution in [0.15, 0.2) is 0 Å². The highest BCUT2D eigenvalue weighted by Gasteiger charge is 1.90. The molecular weight excluding hydrogens is 208 g/mol. The van der Waals surface area contributed by atoms with Crippen molar-refractivity contribution in [1.82, 2.24) is 0 Å². The number of hydrogen-bond donors (Lipinski definition) is 1. The number of methoxy groups -OCH3 is 1. The number of aliphatic hydroxyl groups excluding tert-OH is 1. The summed E-state index contributed by atoms with van der Waals surface area (Å²) in [5.74, 6) is 0. The Morgan fingerprint density at radius 2 is 1.27 bits per heavy atom. The maximum Gasteiger partial charge on any atom is 0.152 e. The van der Waals surface area contributed by atoms with Gasteiger partial charge in [0.05, 0.1) is 13.2 Å². The predicted octanol–water partition coefficient (Wildman–Crippen LogP) is -0.504. The number of hydrogen-bond acceptors (Lipinski definition) is 7. The number of ether oxygens (including phenoxy) is 6. The van der Waals surface area contributed by atoms with E-state index in [1.807, 2.05) is 0 Å². The van der Waals surface area contributed by atoms with E-state index in [-0.39, 0.29) is 34.0 Å². The summed E-state index contributed by atoms with van der Waals surface area (Å²) in [4.78, 5) is 0. The van der Waals surface area contributed by atoms with Crippen molar-refractivity contribution in [2.75, 3.05) is 54.3 Å². The monoisotopic (exact) mass is 226 g/mol. The van der Waals surface area contributed by atoms with Gasteiger partial charge in [-0.2, -0.15) is 0 Å². The smallest absolute Gasteiger partial charge is 0.152 e. The molecule has 0 fully saturated rings. The third kappa shape index (κ3) is 13.7. The molecule has 1 N–H and O–H groups in total. The van der Waals surface area contributed by atoms with Crippen LogP contribution in [0.1, 0.15) is 0 Å². The van der Waals surface area contributed by atoms with Crippen LogP contribution in [0.5, 0.6) is 0 Å². The molecule has 15 heavy (non-hydrogen) atoms. The maximum absolute atomic E-state index is 8.26. The second-order valence-electron chi connectivity index (χ2n) is 2.32. The lowest BCUT2D eigenvalue weighted by atomic mass is 10.8. The quantitative estimate of drug-likeness (QED) is 0.355. The Morgan fingerprint density at radius 3 is 1.87 bits per heavy atom. The predicted molar refractivity (Wildman–Crippen MR) is 48.7 cm³/mol. The van der Waals surface area contributed by atoms with Crippen LogP contribution < -0.4 is 0 Å². The maximum atomic E-state index is 8.26. The van der Waals surface area contributed by atoms with Gasteiger partial charge < -0.3 is 33.5 Å². The lowest BCUT2D eigenvalue weighted by Crippen LogP contribution is -2.10. The van der Waals surface area contributed by atoms with E-state index in [1.54, 1.807) is 0 Å². The van der Waals surface area contributed by atoms with Gasteiger partial charge in [0.1, 0.15) is 20.4 Å². The van der Waals surface area contributed by atoms with Crippen molar-refractivity contribution in [3.8, 4) is 0 Å². The van der Waals surface area contributed by atoms with E-state index in [1.165, 1.54) is 7.11 Å². The van der Waals surface area contributed by atoms with Crippen LogP contribution >= 0.6 is 0 Å². The van der Waals surface area contributed by atoms with E-state index in [4.69, 9.17) is 24.1 Å². The highest BCUT2D eigenvalue weighted by atomic mass is 16.8. The fourth-order valence-electron chi connectivity index (χ4n) is 0.603. The van der Waals surface area contributed by atoms with E-state index >= 15 is 0 Å². The summed E-state index contributed by atoms with van der Waals surface area (Å²) in [6, 6.07) is 0. The van der Waals surface area contributed by atoms with Gasteiger partial charge in [0.15, 0.2) is 13.6 Å². The van der Waals surface area contributed by atoms with Crippen molar-refractivity contribution < 1.29 is 33.5 Å². The average molecular weight is 226 g/mol. The standard InChI is InChI=1S/C8H18O7/c1-10-5-13-7-15-8-14-6-12-3-2-11-4-9/h9H,2-8H2,1H3. The zero-order valence-electron chi connectivity index (χ0n) is 8.85. The molecule has 0 aromatic carbocycles. The van der Waals surface area contributed by atoms with E-state index < -0.39 is 0 Å². The highest BCUT2D eigenvalue weighted by Crippen LogP contribution is 1.83. The van der Waals surface area contributed by atoms with Crippen molar-refractivity contribution in [3.05, 3.63) is 0 Å². The normalized spacial score (nSPS) is 10.8. The fourth-order valence-corrected chi connectivity index (χ4v) is 0.603. The van der Waals surface area contributed by atoms with Gasteiger partial charge in [-0.1, -0.05) is 0 Å². The summed E-state index contributed by atoms with van der Waals surface area (Å²) in [6.07, 6.45) is 0. The molecule has 0 aromatic rings. The van der Waals surface area contributed by atoms with Crippen LogP contribution in [-0.2, 0) is 28.4 Å². The van der Waals surface area contributed by atoms with Crippen molar-refractivity contribution in [1.29, 1.82) is 0 Å². The van der Waals surface area contributed by atoms with Crippen molar-refractivity contribution >= 4 is 0 Å². The summed E-state index contributed by atoms with van der Waals surface area (Å²) >= 11 is 0. The van der Waals surface area contributed by atoms with Gasteiger partial charge in [-0.05, 0) is 0 Å². The van der Waals surface area contributed by atoms with Gasteiger partial charge in [0.25, 0.3) is 0 Å². The summed E-state index contributed by atoms with van der Waals surface area (Å²) in [5.41, 5.74) is 0. The van der Waals surface area contributed by atoms with E-state index in [2.05, 4.69) is 9.47 Å². The third-order valence-corrected chi connectivity index (χ3v) is 1.16. The van der Waals surface area contributed by atoms with Gasteiger partial charge in [-0.25, -0.2) is 0 Å². The molecule has 7 nitrogen and oxygen atoms in total. The minimum atomic E-state index is -0.301.